The molecule has 5 heteroatoms. The molecule has 0 unspecified atom stereocenters. The second-order valence-electron chi connectivity index (χ2n) is 6.18. The zero-order chi connectivity index (χ0) is 18.2. The minimum atomic E-state index is 0.513. The van der Waals surface area contributed by atoms with E-state index >= 15 is 0 Å². The Morgan fingerprint density at radius 3 is 2.04 bits per heavy atom. The minimum absolute atomic E-state index is 0.513. The lowest BCUT2D eigenvalue weighted by Gasteiger charge is -2.06. The fourth-order valence-corrected chi connectivity index (χ4v) is 2.98. The summed E-state index contributed by atoms with van der Waals surface area (Å²) < 4.78 is 11.6. The second kappa shape index (κ2) is 9.53. The normalized spacial score (nSPS) is 10.8. The van der Waals surface area contributed by atoms with Gasteiger partial charge in [-0.25, -0.2) is 0 Å². The summed E-state index contributed by atoms with van der Waals surface area (Å²) in [5.74, 6) is 1.91. The summed E-state index contributed by atoms with van der Waals surface area (Å²) in [5, 5.41) is 9.15. The zero-order valence-electron chi connectivity index (χ0n) is 15.0. The van der Waals surface area contributed by atoms with Crippen LogP contribution in [0.15, 0.2) is 52.9 Å². The van der Waals surface area contributed by atoms with E-state index in [4.69, 9.17) is 9.15 Å². The van der Waals surface area contributed by atoms with Crippen LogP contribution in [0.3, 0.4) is 0 Å². The number of ether oxygens (including phenoxy) is 1. The van der Waals surface area contributed by atoms with Gasteiger partial charge in [0.2, 0.25) is 11.8 Å². The molecule has 0 bridgehead atoms. The van der Waals surface area contributed by atoms with Gasteiger partial charge in [0.05, 0.1) is 6.61 Å². The minimum Gasteiger partial charge on any atom is -0.494 e. The molecule has 0 aliphatic rings. The lowest BCUT2D eigenvalue weighted by Crippen LogP contribution is -1.96. The molecule has 0 radical (unpaired) electrons. The molecule has 0 N–H and O–H groups in total. The SMILES string of the molecule is CCCCCCOc1ccc(-c2nnc(-c3ccc(CBr)cc3)o2)cc1. The zero-order valence-corrected chi connectivity index (χ0v) is 16.5. The third kappa shape index (κ3) is 4.94. The van der Waals surface area contributed by atoms with Crippen molar-refractivity contribution >= 4 is 15.9 Å². The highest BCUT2D eigenvalue weighted by molar-refractivity contribution is 9.08. The summed E-state index contributed by atoms with van der Waals surface area (Å²) in [4.78, 5) is 0. The Bertz CT molecular complexity index is 798. The van der Waals surface area contributed by atoms with E-state index in [1.165, 1.54) is 24.8 Å². The van der Waals surface area contributed by atoms with Crippen molar-refractivity contribution < 1.29 is 9.15 Å². The number of aromatic nitrogens is 2. The Kier molecular flexibility index (Phi) is 6.83. The number of benzene rings is 2. The first-order valence-electron chi connectivity index (χ1n) is 9.02. The van der Waals surface area contributed by atoms with Crippen LogP contribution in [0.4, 0.5) is 0 Å². The number of nitrogens with zero attached hydrogens (tertiary/aromatic N) is 2. The molecule has 2 aromatic carbocycles. The van der Waals surface area contributed by atoms with E-state index in [9.17, 15) is 0 Å². The van der Waals surface area contributed by atoms with Crippen LogP contribution in [0, 0.1) is 0 Å². The van der Waals surface area contributed by atoms with Gasteiger partial charge in [-0.1, -0.05) is 54.2 Å². The number of unbranched alkanes of at least 4 members (excludes halogenated alkanes) is 3. The third-order valence-electron chi connectivity index (χ3n) is 4.15. The van der Waals surface area contributed by atoms with Crippen LogP contribution in [0.25, 0.3) is 22.9 Å². The summed E-state index contributed by atoms with van der Waals surface area (Å²) in [7, 11) is 0. The summed E-state index contributed by atoms with van der Waals surface area (Å²) in [6, 6.07) is 15.9. The van der Waals surface area contributed by atoms with Crippen molar-refractivity contribution in [2.75, 3.05) is 6.61 Å². The van der Waals surface area contributed by atoms with Crippen molar-refractivity contribution in [3.8, 4) is 28.7 Å². The number of halogens is 1. The predicted molar refractivity (Wildman–Crippen MR) is 107 cm³/mol. The second-order valence-corrected chi connectivity index (χ2v) is 6.74. The van der Waals surface area contributed by atoms with E-state index in [0.717, 1.165) is 35.2 Å². The van der Waals surface area contributed by atoms with Crippen molar-refractivity contribution in [2.24, 2.45) is 0 Å². The maximum absolute atomic E-state index is 5.82. The smallest absolute Gasteiger partial charge is 0.248 e. The van der Waals surface area contributed by atoms with Gasteiger partial charge >= 0.3 is 0 Å². The molecule has 0 amide bonds. The van der Waals surface area contributed by atoms with E-state index in [-0.39, 0.29) is 0 Å². The van der Waals surface area contributed by atoms with Gasteiger partial charge in [-0.15, -0.1) is 10.2 Å². The topological polar surface area (TPSA) is 48.2 Å². The Hall–Kier alpha value is -2.14. The molecule has 0 aliphatic heterocycles. The first-order valence-corrected chi connectivity index (χ1v) is 10.1. The van der Waals surface area contributed by atoms with Gasteiger partial charge in [0, 0.05) is 16.5 Å². The van der Waals surface area contributed by atoms with E-state index in [1.807, 2.05) is 48.5 Å². The van der Waals surface area contributed by atoms with Gasteiger partial charge < -0.3 is 9.15 Å². The maximum atomic E-state index is 5.82. The molecular formula is C21H23BrN2O2. The van der Waals surface area contributed by atoms with Gasteiger partial charge in [-0.05, 0) is 48.4 Å². The van der Waals surface area contributed by atoms with Crippen LogP contribution in [-0.4, -0.2) is 16.8 Å². The van der Waals surface area contributed by atoms with Crippen LogP contribution >= 0.6 is 15.9 Å². The lowest BCUT2D eigenvalue weighted by atomic mass is 10.1. The molecule has 1 aromatic heterocycles. The maximum Gasteiger partial charge on any atom is 0.248 e. The third-order valence-corrected chi connectivity index (χ3v) is 4.80. The summed E-state index contributed by atoms with van der Waals surface area (Å²) in [6.45, 7) is 2.97. The Balaban J connectivity index is 1.61. The van der Waals surface area contributed by atoms with Gasteiger partial charge in [0.15, 0.2) is 0 Å². The van der Waals surface area contributed by atoms with E-state index in [1.54, 1.807) is 0 Å². The first kappa shape index (κ1) is 18.6. The molecule has 3 rings (SSSR count). The number of rotatable bonds is 9. The fraction of sp³-hybridized carbons (Fsp3) is 0.333. The van der Waals surface area contributed by atoms with Crippen LogP contribution < -0.4 is 4.74 Å². The molecule has 0 saturated heterocycles. The molecule has 3 aromatic rings. The number of alkyl halides is 1. The predicted octanol–water partition coefficient (Wildman–Crippen LogP) is 6.26. The molecule has 0 spiro atoms. The molecule has 136 valence electrons. The molecule has 0 fully saturated rings. The standard InChI is InChI=1S/C21H23BrN2O2/c1-2-3-4-5-14-25-19-12-10-18(11-13-19)21-24-23-20(26-21)17-8-6-16(15-22)7-9-17/h6-13H,2-5,14-15H2,1H3. The van der Waals surface area contributed by atoms with Crippen molar-refractivity contribution in [2.45, 2.75) is 37.9 Å². The van der Waals surface area contributed by atoms with Gasteiger partial charge in [-0.3, -0.25) is 0 Å². The lowest BCUT2D eigenvalue weighted by molar-refractivity contribution is 0.305. The van der Waals surface area contributed by atoms with Crippen LogP contribution in [0.5, 0.6) is 5.75 Å². The van der Waals surface area contributed by atoms with E-state index in [2.05, 4.69) is 33.1 Å². The molecule has 26 heavy (non-hydrogen) atoms. The van der Waals surface area contributed by atoms with E-state index < -0.39 is 0 Å². The number of hydrogen-bond donors (Lipinski definition) is 0. The molecule has 0 saturated carbocycles. The van der Waals surface area contributed by atoms with Gasteiger partial charge in [0.1, 0.15) is 5.75 Å². The average Bonchev–Trinajstić information content (AvgIpc) is 3.18. The molecule has 0 atom stereocenters. The van der Waals surface area contributed by atoms with Crippen LogP contribution in [0.1, 0.15) is 38.2 Å². The van der Waals surface area contributed by atoms with Gasteiger partial charge in [-0.2, -0.15) is 0 Å². The summed E-state index contributed by atoms with van der Waals surface area (Å²) in [6.07, 6.45) is 4.81. The summed E-state index contributed by atoms with van der Waals surface area (Å²) in [5.41, 5.74) is 3.01. The highest BCUT2D eigenvalue weighted by Crippen LogP contribution is 2.26. The Morgan fingerprint density at radius 2 is 1.46 bits per heavy atom. The fourth-order valence-electron chi connectivity index (χ4n) is 2.61. The molecular weight excluding hydrogens is 392 g/mol. The Labute approximate surface area is 162 Å². The van der Waals surface area contributed by atoms with Crippen molar-refractivity contribution in [1.29, 1.82) is 0 Å². The van der Waals surface area contributed by atoms with Crippen molar-refractivity contribution in [3.63, 3.8) is 0 Å². The summed E-state index contributed by atoms with van der Waals surface area (Å²) >= 11 is 3.44. The van der Waals surface area contributed by atoms with Crippen molar-refractivity contribution in [1.82, 2.24) is 10.2 Å². The molecule has 4 nitrogen and oxygen atoms in total. The van der Waals surface area contributed by atoms with E-state index in [0.29, 0.717) is 11.8 Å². The first-order chi connectivity index (χ1) is 12.8. The number of hydrogen-bond acceptors (Lipinski definition) is 4. The Morgan fingerprint density at radius 1 is 0.846 bits per heavy atom. The quantitative estimate of drug-likeness (QED) is 0.306. The monoisotopic (exact) mass is 414 g/mol. The molecule has 0 aliphatic carbocycles. The van der Waals surface area contributed by atoms with Gasteiger partial charge in [0.25, 0.3) is 0 Å². The highest BCUT2D eigenvalue weighted by atomic mass is 79.9. The van der Waals surface area contributed by atoms with Crippen molar-refractivity contribution in [3.05, 3.63) is 54.1 Å². The largest absolute Gasteiger partial charge is 0.494 e. The average molecular weight is 415 g/mol. The van der Waals surface area contributed by atoms with Crippen LogP contribution in [0.2, 0.25) is 0 Å². The molecule has 1 heterocycles. The highest BCUT2D eigenvalue weighted by Gasteiger charge is 2.10. The van der Waals surface area contributed by atoms with Crippen LogP contribution in [-0.2, 0) is 5.33 Å².